The number of anilines is 1. The number of morpholine rings is 1. The maximum Gasteiger partial charge on any atom is 0.214 e. The first-order valence-corrected chi connectivity index (χ1v) is 8.27. The molecule has 0 bridgehead atoms. The quantitative estimate of drug-likeness (QED) is 0.858. The molecule has 0 amide bonds. The van der Waals surface area contributed by atoms with Crippen LogP contribution < -0.4 is 5.32 Å². The monoisotopic (exact) mass is 300 g/mol. The third-order valence-electron chi connectivity index (χ3n) is 3.15. The van der Waals surface area contributed by atoms with E-state index in [2.05, 4.69) is 15.3 Å². The Morgan fingerprint density at radius 3 is 2.90 bits per heavy atom. The zero-order valence-corrected chi connectivity index (χ0v) is 12.6. The number of hydrogen-bond acceptors (Lipinski definition) is 6. The van der Waals surface area contributed by atoms with Gasteiger partial charge in [0.15, 0.2) is 0 Å². The van der Waals surface area contributed by atoms with Crippen LogP contribution in [0, 0.1) is 0 Å². The molecule has 1 aromatic rings. The van der Waals surface area contributed by atoms with E-state index in [0.717, 1.165) is 0 Å². The predicted molar refractivity (Wildman–Crippen MR) is 75.9 cm³/mol. The molecule has 1 N–H and O–H groups in total. The van der Waals surface area contributed by atoms with Gasteiger partial charge >= 0.3 is 0 Å². The van der Waals surface area contributed by atoms with Crippen LogP contribution in [0.15, 0.2) is 12.4 Å². The third kappa shape index (κ3) is 3.25. The molecule has 1 atom stereocenters. The topological polar surface area (TPSA) is 84.4 Å². The van der Waals surface area contributed by atoms with Crippen molar-refractivity contribution in [1.82, 2.24) is 14.3 Å². The standard InChI is InChI=1S/C12H20N4O3S/c1-3-8-20(17,18)16-6-7-19-10(9-16)11-12(13-2)15-5-4-14-11/h4-5,10H,3,6-9H2,1-2H3,(H,13,15)/t10-/m0/s1. The molecule has 0 spiro atoms. The minimum atomic E-state index is -3.21. The van der Waals surface area contributed by atoms with Gasteiger partial charge in [-0.15, -0.1) is 0 Å². The van der Waals surface area contributed by atoms with Gasteiger partial charge in [0, 0.05) is 32.5 Å². The lowest BCUT2D eigenvalue weighted by molar-refractivity contribution is -0.00467. The molecule has 8 heteroatoms. The summed E-state index contributed by atoms with van der Waals surface area (Å²) in [6.45, 7) is 2.91. The second-order valence-corrected chi connectivity index (χ2v) is 6.66. The fourth-order valence-corrected chi connectivity index (χ4v) is 3.70. The Bertz CT molecular complexity index is 549. The molecule has 0 radical (unpaired) electrons. The van der Waals surface area contributed by atoms with Gasteiger partial charge in [-0.1, -0.05) is 6.92 Å². The molecule has 0 aliphatic carbocycles. The van der Waals surface area contributed by atoms with Crippen molar-refractivity contribution in [2.24, 2.45) is 0 Å². The Morgan fingerprint density at radius 1 is 1.45 bits per heavy atom. The summed E-state index contributed by atoms with van der Waals surface area (Å²) in [6, 6.07) is 0. The number of aromatic nitrogens is 2. The summed E-state index contributed by atoms with van der Waals surface area (Å²) in [6.07, 6.45) is 3.39. The highest BCUT2D eigenvalue weighted by molar-refractivity contribution is 7.89. The molecule has 1 saturated heterocycles. The summed E-state index contributed by atoms with van der Waals surface area (Å²) in [5, 5.41) is 2.95. The first-order chi connectivity index (χ1) is 9.58. The van der Waals surface area contributed by atoms with Gasteiger partial charge in [-0.25, -0.2) is 13.4 Å². The third-order valence-corrected chi connectivity index (χ3v) is 5.20. The van der Waals surface area contributed by atoms with Gasteiger partial charge < -0.3 is 10.1 Å². The maximum atomic E-state index is 12.1. The van der Waals surface area contributed by atoms with Crippen LogP contribution in [0.4, 0.5) is 5.82 Å². The largest absolute Gasteiger partial charge is 0.372 e. The molecule has 20 heavy (non-hydrogen) atoms. The minimum Gasteiger partial charge on any atom is -0.372 e. The summed E-state index contributed by atoms with van der Waals surface area (Å²) in [5.74, 6) is 0.784. The first-order valence-electron chi connectivity index (χ1n) is 6.66. The molecule has 0 aromatic carbocycles. The molecule has 112 valence electrons. The summed E-state index contributed by atoms with van der Waals surface area (Å²) in [5.41, 5.74) is 0.645. The van der Waals surface area contributed by atoms with Gasteiger partial charge in [0.2, 0.25) is 10.0 Å². The molecule has 1 aliphatic rings. The minimum absolute atomic E-state index is 0.166. The lowest BCUT2D eigenvalue weighted by atomic mass is 10.2. The van der Waals surface area contributed by atoms with Crippen molar-refractivity contribution in [3.63, 3.8) is 0 Å². The highest BCUT2D eigenvalue weighted by atomic mass is 32.2. The second-order valence-electron chi connectivity index (χ2n) is 4.57. The number of hydrogen-bond donors (Lipinski definition) is 1. The van der Waals surface area contributed by atoms with Crippen molar-refractivity contribution >= 4 is 15.8 Å². The number of nitrogens with one attached hydrogen (secondary N) is 1. The lowest BCUT2D eigenvalue weighted by Crippen LogP contribution is -2.43. The van der Waals surface area contributed by atoms with Crippen LogP contribution in [0.2, 0.25) is 0 Å². The van der Waals surface area contributed by atoms with E-state index in [4.69, 9.17) is 4.74 Å². The van der Waals surface area contributed by atoms with E-state index >= 15 is 0 Å². The average Bonchev–Trinajstić information content (AvgIpc) is 2.47. The molecular formula is C12H20N4O3S. The van der Waals surface area contributed by atoms with Gasteiger partial charge in [-0.05, 0) is 6.42 Å². The van der Waals surface area contributed by atoms with Crippen molar-refractivity contribution in [2.45, 2.75) is 19.4 Å². The molecule has 1 aromatic heterocycles. The van der Waals surface area contributed by atoms with E-state index in [0.29, 0.717) is 31.1 Å². The van der Waals surface area contributed by atoms with Gasteiger partial charge in [-0.3, -0.25) is 4.98 Å². The highest BCUT2D eigenvalue weighted by Gasteiger charge is 2.31. The molecule has 0 unspecified atom stereocenters. The summed E-state index contributed by atoms with van der Waals surface area (Å²) in [7, 11) is -1.46. The first kappa shape index (κ1) is 15.1. The number of ether oxygens (including phenoxy) is 1. The Morgan fingerprint density at radius 2 is 2.20 bits per heavy atom. The fourth-order valence-electron chi connectivity index (χ4n) is 2.21. The normalized spacial score (nSPS) is 20.8. The zero-order chi connectivity index (χ0) is 14.6. The smallest absolute Gasteiger partial charge is 0.214 e. The summed E-state index contributed by atoms with van der Waals surface area (Å²) < 4.78 is 31.4. The van der Waals surface area contributed by atoms with Gasteiger partial charge in [0.1, 0.15) is 17.6 Å². The van der Waals surface area contributed by atoms with Gasteiger partial charge in [-0.2, -0.15) is 4.31 Å². The lowest BCUT2D eigenvalue weighted by Gasteiger charge is -2.32. The van der Waals surface area contributed by atoms with E-state index in [1.807, 2.05) is 6.92 Å². The predicted octanol–water partition coefficient (Wildman–Crippen LogP) is 0.631. The van der Waals surface area contributed by atoms with E-state index < -0.39 is 10.0 Å². The van der Waals surface area contributed by atoms with Crippen molar-refractivity contribution in [1.29, 1.82) is 0 Å². The SMILES string of the molecule is CCCS(=O)(=O)N1CCO[C@H](c2nccnc2NC)C1. The highest BCUT2D eigenvalue weighted by Crippen LogP contribution is 2.26. The molecular weight excluding hydrogens is 280 g/mol. The Hall–Kier alpha value is -1.25. The van der Waals surface area contributed by atoms with E-state index in [1.165, 1.54) is 4.31 Å². The van der Waals surface area contributed by atoms with E-state index in [9.17, 15) is 8.42 Å². The van der Waals surface area contributed by atoms with Crippen molar-refractivity contribution in [2.75, 3.05) is 37.8 Å². The van der Waals surface area contributed by atoms with Crippen LogP contribution in [-0.2, 0) is 14.8 Å². The van der Waals surface area contributed by atoms with Crippen LogP contribution in [0.5, 0.6) is 0 Å². The number of nitrogens with zero attached hydrogens (tertiary/aromatic N) is 3. The Balaban J connectivity index is 2.19. The van der Waals surface area contributed by atoms with E-state index in [-0.39, 0.29) is 18.4 Å². The zero-order valence-electron chi connectivity index (χ0n) is 11.7. The van der Waals surface area contributed by atoms with Crippen molar-refractivity contribution < 1.29 is 13.2 Å². The van der Waals surface area contributed by atoms with Crippen molar-refractivity contribution in [3.05, 3.63) is 18.1 Å². The van der Waals surface area contributed by atoms with Crippen LogP contribution in [0.1, 0.15) is 25.1 Å². The molecule has 2 rings (SSSR count). The van der Waals surface area contributed by atoms with Crippen LogP contribution in [-0.4, -0.2) is 55.2 Å². The van der Waals surface area contributed by atoms with Crippen LogP contribution in [0.25, 0.3) is 0 Å². The molecule has 1 aliphatic heterocycles. The van der Waals surface area contributed by atoms with Crippen LogP contribution >= 0.6 is 0 Å². The molecule has 0 saturated carbocycles. The van der Waals surface area contributed by atoms with Crippen molar-refractivity contribution in [3.8, 4) is 0 Å². The molecule has 7 nitrogen and oxygen atoms in total. The number of sulfonamides is 1. The fraction of sp³-hybridized carbons (Fsp3) is 0.667. The average molecular weight is 300 g/mol. The van der Waals surface area contributed by atoms with Crippen LogP contribution in [0.3, 0.4) is 0 Å². The maximum absolute atomic E-state index is 12.1. The molecule has 1 fully saturated rings. The van der Waals surface area contributed by atoms with Gasteiger partial charge in [0.25, 0.3) is 0 Å². The molecule has 2 heterocycles. The summed E-state index contributed by atoms with van der Waals surface area (Å²) >= 11 is 0. The number of rotatable bonds is 5. The Kier molecular flexibility index (Phi) is 4.90. The summed E-state index contributed by atoms with van der Waals surface area (Å²) in [4.78, 5) is 8.44. The second kappa shape index (κ2) is 6.47. The van der Waals surface area contributed by atoms with Gasteiger partial charge in [0.05, 0.1) is 12.4 Å². The van der Waals surface area contributed by atoms with E-state index in [1.54, 1.807) is 19.4 Å². The Labute approximate surface area is 119 Å².